The largest absolute Gasteiger partial charge is 0.381 e. The maximum absolute atomic E-state index is 12.8. The monoisotopic (exact) mass is 400 g/mol. The molecule has 1 aliphatic heterocycles. The van der Waals surface area contributed by atoms with Gasteiger partial charge in [-0.05, 0) is 61.6 Å². The topological polar surface area (TPSA) is 58.6 Å². The van der Waals surface area contributed by atoms with Crippen molar-refractivity contribution >= 4 is 11.8 Å². The molecule has 1 N–H and O–H groups in total. The predicted octanol–water partition coefficient (Wildman–Crippen LogP) is 3.91. The minimum absolute atomic E-state index is 0.0162. The lowest BCUT2D eigenvalue weighted by molar-refractivity contribution is -0.127. The predicted molar refractivity (Wildman–Crippen MR) is 115 cm³/mol. The summed E-state index contributed by atoms with van der Waals surface area (Å²) in [6.07, 6.45) is 5.84. The van der Waals surface area contributed by atoms with Gasteiger partial charge in [0.25, 0.3) is 5.91 Å². The molecule has 3 rings (SSSR count). The molecule has 2 fully saturated rings. The number of hydrogen-bond donors (Lipinski definition) is 1. The number of nitrogens with zero attached hydrogens (tertiary/aromatic N) is 1. The van der Waals surface area contributed by atoms with Crippen molar-refractivity contribution < 1.29 is 14.3 Å². The third-order valence-electron chi connectivity index (χ3n) is 6.50. The van der Waals surface area contributed by atoms with Crippen LogP contribution in [0.5, 0.6) is 0 Å². The van der Waals surface area contributed by atoms with Gasteiger partial charge in [0.15, 0.2) is 0 Å². The third kappa shape index (κ3) is 5.59. The lowest BCUT2D eigenvalue weighted by Crippen LogP contribution is -2.46. The number of carbonyl (C=O) groups excluding carboxylic acids is 2. The SMILES string of the molecule is COC1CCC(NC(=O)C2CCN(C(=O)c3ccc(C(C)(C)C)cc3)CC2)CC1. The van der Waals surface area contributed by atoms with Crippen molar-refractivity contribution in [3.05, 3.63) is 35.4 Å². The van der Waals surface area contributed by atoms with Gasteiger partial charge in [-0.1, -0.05) is 32.9 Å². The molecule has 5 heteroatoms. The van der Waals surface area contributed by atoms with Gasteiger partial charge in [-0.25, -0.2) is 0 Å². The molecule has 0 bridgehead atoms. The fourth-order valence-corrected chi connectivity index (χ4v) is 4.40. The smallest absolute Gasteiger partial charge is 0.253 e. The summed E-state index contributed by atoms with van der Waals surface area (Å²) in [7, 11) is 1.76. The van der Waals surface area contributed by atoms with Gasteiger partial charge in [0.05, 0.1) is 6.10 Å². The zero-order valence-corrected chi connectivity index (χ0v) is 18.4. The Morgan fingerprint density at radius 1 is 0.966 bits per heavy atom. The minimum atomic E-state index is 0.0162. The van der Waals surface area contributed by atoms with E-state index in [1.165, 1.54) is 5.56 Å². The van der Waals surface area contributed by atoms with Crippen LogP contribution in [0.25, 0.3) is 0 Å². The molecule has 1 aliphatic carbocycles. The zero-order valence-electron chi connectivity index (χ0n) is 18.4. The highest BCUT2D eigenvalue weighted by molar-refractivity contribution is 5.94. The highest BCUT2D eigenvalue weighted by Gasteiger charge is 2.30. The summed E-state index contributed by atoms with van der Waals surface area (Å²) in [5, 5.41) is 3.23. The van der Waals surface area contributed by atoms with Crippen molar-refractivity contribution in [2.45, 2.75) is 76.9 Å². The molecule has 0 spiro atoms. The highest BCUT2D eigenvalue weighted by atomic mass is 16.5. The van der Waals surface area contributed by atoms with Gasteiger partial charge < -0.3 is 15.0 Å². The number of piperidine rings is 1. The molecule has 0 aromatic heterocycles. The Bertz CT molecular complexity index is 692. The maximum Gasteiger partial charge on any atom is 0.253 e. The lowest BCUT2D eigenvalue weighted by atomic mass is 9.86. The summed E-state index contributed by atoms with van der Waals surface area (Å²) >= 11 is 0. The first kappa shape index (κ1) is 21.8. The first-order valence-electron chi connectivity index (χ1n) is 11.0. The van der Waals surface area contributed by atoms with Crippen LogP contribution in [-0.4, -0.2) is 49.1 Å². The number of amides is 2. The van der Waals surface area contributed by atoms with E-state index in [-0.39, 0.29) is 29.2 Å². The molecule has 5 nitrogen and oxygen atoms in total. The second-order valence-corrected chi connectivity index (χ2v) is 9.61. The van der Waals surface area contributed by atoms with Crippen molar-refractivity contribution in [2.24, 2.45) is 5.92 Å². The van der Waals surface area contributed by atoms with E-state index in [0.29, 0.717) is 19.2 Å². The minimum Gasteiger partial charge on any atom is -0.381 e. The van der Waals surface area contributed by atoms with Crippen molar-refractivity contribution in [3.8, 4) is 0 Å². The molecule has 0 atom stereocenters. The van der Waals surface area contributed by atoms with Crippen LogP contribution < -0.4 is 5.32 Å². The van der Waals surface area contributed by atoms with E-state index in [2.05, 4.69) is 26.1 Å². The average molecular weight is 401 g/mol. The van der Waals surface area contributed by atoms with Crippen LogP contribution >= 0.6 is 0 Å². The Hall–Kier alpha value is -1.88. The third-order valence-corrected chi connectivity index (χ3v) is 6.50. The molecular weight excluding hydrogens is 364 g/mol. The first-order chi connectivity index (χ1) is 13.8. The molecule has 1 saturated carbocycles. The first-order valence-corrected chi connectivity index (χ1v) is 11.0. The molecule has 1 aromatic rings. The van der Waals surface area contributed by atoms with Gasteiger partial charge in [-0.3, -0.25) is 9.59 Å². The number of methoxy groups -OCH3 is 1. The average Bonchev–Trinajstić information content (AvgIpc) is 2.73. The Balaban J connectivity index is 1.47. The number of rotatable bonds is 4. The molecule has 160 valence electrons. The molecule has 2 aliphatic rings. The number of benzene rings is 1. The number of hydrogen-bond acceptors (Lipinski definition) is 3. The quantitative estimate of drug-likeness (QED) is 0.834. The fraction of sp³-hybridized carbons (Fsp3) is 0.667. The second-order valence-electron chi connectivity index (χ2n) is 9.61. The Morgan fingerprint density at radius 2 is 1.55 bits per heavy atom. The molecule has 29 heavy (non-hydrogen) atoms. The van der Waals surface area contributed by atoms with Gasteiger partial charge in [0, 0.05) is 37.7 Å². The molecule has 0 radical (unpaired) electrons. The van der Waals surface area contributed by atoms with E-state index in [9.17, 15) is 9.59 Å². The summed E-state index contributed by atoms with van der Waals surface area (Å²) in [5.41, 5.74) is 2.04. The molecule has 2 amide bonds. The summed E-state index contributed by atoms with van der Waals surface area (Å²) in [6, 6.07) is 8.23. The van der Waals surface area contributed by atoms with Crippen LogP contribution in [0.4, 0.5) is 0 Å². The van der Waals surface area contributed by atoms with Crippen molar-refractivity contribution in [2.75, 3.05) is 20.2 Å². The van der Waals surface area contributed by atoms with E-state index in [0.717, 1.165) is 44.1 Å². The van der Waals surface area contributed by atoms with Gasteiger partial charge in [-0.15, -0.1) is 0 Å². The van der Waals surface area contributed by atoms with Crippen LogP contribution in [0.3, 0.4) is 0 Å². The normalized spacial score (nSPS) is 23.7. The number of nitrogens with one attached hydrogen (secondary N) is 1. The van der Waals surface area contributed by atoms with Crippen LogP contribution in [0, 0.1) is 5.92 Å². The van der Waals surface area contributed by atoms with E-state index >= 15 is 0 Å². The van der Waals surface area contributed by atoms with Crippen molar-refractivity contribution in [3.63, 3.8) is 0 Å². The molecule has 1 heterocycles. The van der Waals surface area contributed by atoms with Crippen LogP contribution in [-0.2, 0) is 14.9 Å². The summed E-state index contributed by atoms with van der Waals surface area (Å²) in [5.74, 6) is 0.247. The van der Waals surface area contributed by atoms with Crippen LogP contribution in [0.1, 0.15) is 75.2 Å². The Labute approximate surface area is 175 Å². The highest BCUT2D eigenvalue weighted by Crippen LogP contribution is 2.25. The number of carbonyl (C=O) groups is 2. The molecular formula is C24H36N2O3. The molecule has 1 saturated heterocycles. The standard InChI is InChI=1S/C24H36N2O3/c1-24(2,3)19-7-5-18(6-8-19)23(28)26-15-13-17(14-16-26)22(27)25-20-9-11-21(29-4)12-10-20/h5-8,17,20-21H,9-16H2,1-4H3,(H,25,27). The van der Waals surface area contributed by atoms with Crippen LogP contribution in [0.15, 0.2) is 24.3 Å². The maximum atomic E-state index is 12.8. The van der Waals surface area contributed by atoms with Gasteiger partial charge >= 0.3 is 0 Å². The fourth-order valence-electron chi connectivity index (χ4n) is 4.40. The van der Waals surface area contributed by atoms with Gasteiger partial charge in [0.1, 0.15) is 0 Å². The molecule has 0 unspecified atom stereocenters. The second kappa shape index (κ2) is 9.29. The number of ether oxygens (including phenoxy) is 1. The number of likely N-dealkylation sites (tertiary alicyclic amines) is 1. The van der Waals surface area contributed by atoms with Crippen LogP contribution in [0.2, 0.25) is 0 Å². The Kier molecular flexibility index (Phi) is 6.99. The zero-order chi connectivity index (χ0) is 21.0. The molecule has 1 aromatic carbocycles. The van der Waals surface area contributed by atoms with E-state index in [4.69, 9.17) is 4.74 Å². The van der Waals surface area contributed by atoms with E-state index in [1.807, 2.05) is 29.2 Å². The summed E-state index contributed by atoms with van der Waals surface area (Å²) in [6.45, 7) is 7.80. The van der Waals surface area contributed by atoms with Crippen molar-refractivity contribution in [1.82, 2.24) is 10.2 Å². The lowest BCUT2D eigenvalue weighted by Gasteiger charge is -2.33. The van der Waals surface area contributed by atoms with E-state index in [1.54, 1.807) is 7.11 Å². The van der Waals surface area contributed by atoms with E-state index < -0.39 is 0 Å². The van der Waals surface area contributed by atoms with Gasteiger partial charge in [0.2, 0.25) is 5.91 Å². The Morgan fingerprint density at radius 3 is 2.07 bits per heavy atom. The summed E-state index contributed by atoms with van der Waals surface area (Å²) in [4.78, 5) is 27.4. The summed E-state index contributed by atoms with van der Waals surface area (Å²) < 4.78 is 5.40. The van der Waals surface area contributed by atoms with Crippen molar-refractivity contribution in [1.29, 1.82) is 0 Å². The van der Waals surface area contributed by atoms with Gasteiger partial charge in [-0.2, -0.15) is 0 Å².